The number of alkyl halides is 3. The lowest BCUT2D eigenvalue weighted by Crippen LogP contribution is -2.48. The first kappa shape index (κ1) is 17.5. The van der Waals surface area contributed by atoms with Crippen LogP contribution >= 0.6 is 11.6 Å². The van der Waals surface area contributed by atoms with Gasteiger partial charge in [-0.05, 0) is 31.9 Å². The highest BCUT2D eigenvalue weighted by molar-refractivity contribution is 7.89. The van der Waals surface area contributed by atoms with Gasteiger partial charge in [-0.2, -0.15) is 17.5 Å². The zero-order valence-electron chi connectivity index (χ0n) is 11.8. The maximum Gasteiger partial charge on any atom is 0.417 e. The lowest BCUT2D eigenvalue weighted by Gasteiger charge is -2.35. The Hall–Kier alpha value is -0.830. The summed E-state index contributed by atoms with van der Waals surface area (Å²) in [5, 5.41) is -0.433. The zero-order valence-corrected chi connectivity index (χ0v) is 13.3. The zero-order chi connectivity index (χ0) is 16.7. The fourth-order valence-electron chi connectivity index (χ4n) is 2.66. The van der Waals surface area contributed by atoms with Crippen molar-refractivity contribution in [3.8, 4) is 0 Å². The number of rotatable bonds is 2. The molecule has 1 fully saturated rings. The van der Waals surface area contributed by atoms with E-state index in [1.165, 1.54) is 0 Å². The third-order valence-electron chi connectivity index (χ3n) is 3.69. The van der Waals surface area contributed by atoms with Gasteiger partial charge in [0.1, 0.15) is 4.90 Å². The number of sulfonamides is 1. The van der Waals surface area contributed by atoms with Crippen molar-refractivity contribution in [2.24, 2.45) is 5.73 Å². The first-order valence-corrected chi connectivity index (χ1v) is 8.50. The number of piperidine rings is 1. The third kappa shape index (κ3) is 3.24. The number of nitrogens with two attached hydrogens (primary N) is 1. The average Bonchev–Trinajstić information content (AvgIpc) is 2.36. The topological polar surface area (TPSA) is 63.4 Å². The van der Waals surface area contributed by atoms with Crippen LogP contribution in [0.2, 0.25) is 5.02 Å². The number of benzene rings is 1. The predicted molar refractivity (Wildman–Crippen MR) is 77.0 cm³/mol. The summed E-state index contributed by atoms with van der Waals surface area (Å²) in [6.07, 6.45) is -4.01. The number of nitrogens with zero attached hydrogens (tertiary/aromatic N) is 1. The second-order valence-corrected chi connectivity index (χ2v) is 7.60. The van der Waals surface area contributed by atoms with E-state index in [0.717, 1.165) is 22.5 Å². The van der Waals surface area contributed by atoms with Crippen LogP contribution in [0.5, 0.6) is 0 Å². The summed E-state index contributed by atoms with van der Waals surface area (Å²) < 4.78 is 65.8. The van der Waals surface area contributed by atoms with E-state index in [9.17, 15) is 21.6 Å². The van der Waals surface area contributed by atoms with Crippen molar-refractivity contribution in [1.82, 2.24) is 4.31 Å². The molecule has 0 spiro atoms. The Morgan fingerprint density at radius 3 is 2.55 bits per heavy atom. The summed E-state index contributed by atoms with van der Waals surface area (Å²) in [7, 11) is -4.35. The Morgan fingerprint density at radius 2 is 2.00 bits per heavy atom. The van der Waals surface area contributed by atoms with Crippen molar-refractivity contribution in [3.63, 3.8) is 0 Å². The summed E-state index contributed by atoms with van der Waals surface area (Å²) in [4.78, 5) is -0.883. The van der Waals surface area contributed by atoms with Crippen LogP contribution in [0.4, 0.5) is 13.2 Å². The van der Waals surface area contributed by atoms with Gasteiger partial charge >= 0.3 is 6.18 Å². The van der Waals surface area contributed by atoms with Crippen LogP contribution in [0.1, 0.15) is 25.3 Å². The van der Waals surface area contributed by atoms with Gasteiger partial charge in [-0.25, -0.2) is 8.42 Å². The third-order valence-corrected chi connectivity index (χ3v) is 6.24. The number of hydrogen-bond acceptors (Lipinski definition) is 3. The monoisotopic (exact) mass is 356 g/mol. The van der Waals surface area contributed by atoms with Crippen molar-refractivity contribution in [3.05, 3.63) is 28.8 Å². The largest absolute Gasteiger partial charge is 0.417 e. The van der Waals surface area contributed by atoms with Gasteiger partial charge in [-0.3, -0.25) is 0 Å². The standard InChI is InChI=1S/C13H16ClF3N2O2S/c1-8-7-9(18)5-6-19(8)22(20,21)12-10(13(15,16)17)3-2-4-11(12)14/h2-4,8-9H,5-7,18H2,1H3/t8-,9-/m1/s1. The molecule has 4 nitrogen and oxygen atoms in total. The molecule has 2 N–H and O–H groups in total. The van der Waals surface area contributed by atoms with Crippen LogP contribution in [0.25, 0.3) is 0 Å². The molecule has 0 unspecified atom stereocenters. The molecule has 1 aliphatic heterocycles. The van der Waals surface area contributed by atoms with Crippen LogP contribution in [-0.4, -0.2) is 31.4 Å². The molecule has 0 aliphatic carbocycles. The van der Waals surface area contributed by atoms with Gasteiger partial charge in [-0.1, -0.05) is 17.7 Å². The lowest BCUT2D eigenvalue weighted by molar-refractivity contribution is -0.139. The van der Waals surface area contributed by atoms with E-state index in [1.807, 2.05) is 0 Å². The fraction of sp³-hybridized carbons (Fsp3) is 0.538. The molecule has 1 heterocycles. The summed E-state index contributed by atoms with van der Waals surface area (Å²) in [5.41, 5.74) is 4.52. The van der Waals surface area contributed by atoms with Crippen molar-refractivity contribution >= 4 is 21.6 Å². The minimum Gasteiger partial charge on any atom is -0.328 e. The Labute approximate surface area is 132 Å². The molecule has 0 amide bonds. The lowest BCUT2D eigenvalue weighted by atomic mass is 10.0. The van der Waals surface area contributed by atoms with Gasteiger partial charge in [0.2, 0.25) is 10.0 Å². The van der Waals surface area contributed by atoms with Crippen molar-refractivity contribution in [2.75, 3.05) is 6.54 Å². The van der Waals surface area contributed by atoms with Crippen LogP contribution in [0.3, 0.4) is 0 Å². The first-order valence-electron chi connectivity index (χ1n) is 6.68. The van der Waals surface area contributed by atoms with E-state index >= 15 is 0 Å². The molecular formula is C13H16ClF3N2O2S. The Bertz CT molecular complexity index is 664. The molecular weight excluding hydrogens is 341 g/mol. The van der Waals surface area contributed by atoms with Crippen LogP contribution < -0.4 is 5.73 Å². The maximum atomic E-state index is 13.1. The van der Waals surface area contributed by atoms with E-state index in [-0.39, 0.29) is 12.6 Å². The maximum absolute atomic E-state index is 13.1. The van der Waals surface area contributed by atoms with Gasteiger partial charge in [0.05, 0.1) is 10.6 Å². The molecule has 2 rings (SSSR count). The molecule has 1 saturated heterocycles. The molecule has 1 aromatic rings. The smallest absolute Gasteiger partial charge is 0.328 e. The van der Waals surface area contributed by atoms with Gasteiger partial charge < -0.3 is 5.73 Å². The number of hydrogen-bond donors (Lipinski definition) is 1. The molecule has 22 heavy (non-hydrogen) atoms. The molecule has 0 bridgehead atoms. The molecule has 0 saturated carbocycles. The van der Waals surface area contributed by atoms with E-state index in [2.05, 4.69) is 0 Å². The van der Waals surface area contributed by atoms with Crippen molar-refractivity contribution < 1.29 is 21.6 Å². The second kappa shape index (κ2) is 5.99. The van der Waals surface area contributed by atoms with E-state index in [0.29, 0.717) is 12.8 Å². The minimum atomic E-state index is -4.80. The van der Waals surface area contributed by atoms with Crippen molar-refractivity contribution in [1.29, 1.82) is 0 Å². The molecule has 1 aliphatic rings. The molecule has 1 aromatic carbocycles. The highest BCUT2D eigenvalue weighted by Gasteiger charge is 2.42. The SMILES string of the molecule is C[C@@H]1C[C@H](N)CCN1S(=O)(=O)c1c(Cl)cccc1C(F)(F)F. The summed E-state index contributed by atoms with van der Waals surface area (Å²) in [5.74, 6) is 0. The van der Waals surface area contributed by atoms with Crippen LogP contribution in [-0.2, 0) is 16.2 Å². The number of halogens is 4. The molecule has 2 atom stereocenters. The Balaban J connectivity index is 2.55. The molecule has 0 radical (unpaired) electrons. The summed E-state index contributed by atoms with van der Waals surface area (Å²) >= 11 is 5.79. The normalized spacial score (nSPS) is 24.5. The second-order valence-electron chi connectivity index (χ2n) is 5.36. The first-order chi connectivity index (χ1) is 10.0. The fourth-order valence-corrected chi connectivity index (χ4v) is 5.04. The van der Waals surface area contributed by atoms with Crippen LogP contribution in [0, 0.1) is 0 Å². The average molecular weight is 357 g/mol. The van der Waals surface area contributed by atoms with Gasteiger partial charge in [-0.15, -0.1) is 0 Å². The van der Waals surface area contributed by atoms with Gasteiger partial charge in [0, 0.05) is 18.6 Å². The van der Waals surface area contributed by atoms with Crippen LogP contribution in [0.15, 0.2) is 23.1 Å². The minimum absolute atomic E-state index is 0.0766. The molecule has 9 heteroatoms. The quantitative estimate of drug-likeness (QED) is 0.886. The highest BCUT2D eigenvalue weighted by Crippen LogP contribution is 2.39. The Morgan fingerprint density at radius 1 is 1.36 bits per heavy atom. The highest BCUT2D eigenvalue weighted by atomic mass is 35.5. The predicted octanol–water partition coefficient (Wildman–Crippen LogP) is 2.86. The molecule has 0 aromatic heterocycles. The Kier molecular flexibility index (Phi) is 4.77. The van der Waals surface area contributed by atoms with Gasteiger partial charge in [0.15, 0.2) is 0 Å². The summed E-state index contributed by atoms with van der Waals surface area (Å²) in [6, 6.07) is 2.31. The van der Waals surface area contributed by atoms with E-state index < -0.39 is 37.7 Å². The van der Waals surface area contributed by atoms with Gasteiger partial charge in [0.25, 0.3) is 0 Å². The summed E-state index contributed by atoms with van der Waals surface area (Å²) in [6.45, 7) is 1.70. The van der Waals surface area contributed by atoms with E-state index in [4.69, 9.17) is 17.3 Å². The molecule has 124 valence electrons. The van der Waals surface area contributed by atoms with E-state index in [1.54, 1.807) is 6.92 Å². The van der Waals surface area contributed by atoms with Crippen molar-refractivity contribution in [2.45, 2.75) is 42.9 Å².